The summed E-state index contributed by atoms with van der Waals surface area (Å²) in [5.41, 5.74) is -7.23. The van der Waals surface area contributed by atoms with Gasteiger partial charge in [0.1, 0.15) is 23.9 Å². The molecule has 324 valence electrons. The molecule has 3 fully saturated rings. The zero-order chi connectivity index (χ0) is 44.2. The van der Waals surface area contributed by atoms with E-state index in [1.807, 2.05) is 0 Å². The number of rotatable bonds is 10. The number of fused-ring (bicyclic) bond motifs is 5. The molecule has 1 amide bonds. The van der Waals surface area contributed by atoms with Gasteiger partial charge in [-0.1, -0.05) is 62.4 Å². The lowest BCUT2D eigenvalue weighted by Gasteiger charge is -2.67. The molecular weight excluding hydrogens is 794 g/mol. The average Bonchev–Trinajstić information content (AvgIpc) is 3.77. The van der Waals surface area contributed by atoms with E-state index in [1.165, 1.54) is 46.1 Å². The Balaban J connectivity index is 1.38. The number of nitrogens with one attached hydrogen (secondary N) is 1. The van der Waals surface area contributed by atoms with Crippen LogP contribution in [-0.4, -0.2) is 105 Å². The standard InChI is InChI=1S/C45H49NO15/c1-23-29(59-41(54)34(50)33(26-14-9-7-10-15-26)46-39(52)27-16-11-8-12-17-27)21-45(55)38(60-40(53)28-18-13-19-56-28)36-43(6,30(49)20-31-44(36,22-57-31)61-25(3)48)37(51)35(58-24(2)47)32(23)42(45,4)5/h7-19,29-31,33-36,38,49-50,55H,20-22H2,1-6H3,(H,46,52)/t29-,30-,31+,33-,34+,35+,36-,38-,43+,44-,45+/m0/s1. The molecule has 2 saturated carbocycles. The number of carbonyl (C=O) groups is 6. The molecule has 7 rings (SSSR count). The van der Waals surface area contributed by atoms with E-state index in [0.717, 1.165) is 13.8 Å². The highest BCUT2D eigenvalue weighted by molar-refractivity contribution is 5.96. The molecule has 0 unspecified atom stereocenters. The normalized spacial score (nSPS) is 32.2. The van der Waals surface area contributed by atoms with E-state index < -0.39 is 113 Å². The summed E-state index contributed by atoms with van der Waals surface area (Å²) in [4.78, 5) is 83.0. The van der Waals surface area contributed by atoms with Gasteiger partial charge < -0.3 is 48.7 Å². The van der Waals surface area contributed by atoms with Gasteiger partial charge in [0.15, 0.2) is 23.6 Å². The molecular formula is C45H49NO15. The number of hydrogen-bond donors (Lipinski definition) is 4. The zero-order valence-electron chi connectivity index (χ0n) is 34.5. The number of amides is 1. The molecule has 4 aliphatic rings. The lowest BCUT2D eigenvalue weighted by atomic mass is 9.44. The van der Waals surface area contributed by atoms with Gasteiger partial charge in [-0.3, -0.25) is 19.2 Å². The minimum absolute atomic E-state index is 0.0230. The molecule has 2 bridgehead atoms. The number of ketones is 1. The van der Waals surface area contributed by atoms with Gasteiger partial charge >= 0.3 is 23.9 Å². The van der Waals surface area contributed by atoms with Crippen molar-refractivity contribution in [2.24, 2.45) is 16.7 Å². The van der Waals surface area contributed by atoms with Crippen molar-refractivity contribution in [3.05, 3.63) is 107 Å². The molecule has 3 aliphatic carbocycles. The minimum atomic E-state index is -2.42. The van der Waals surface area contributed by atoms with Crippen LogP contribution < -0.4 is 5.32 Å². The third-order valence-corrected chi connectivity index (χ3v) is 13.2. The number of Topliss-reactive ketones (excluding diaryl/α,β-unsaturated/α-hetero) is 1. The molecule has 16 heteroatoms. The molecule has 16 nitrogen and oxygen atoms in total. The van der Waals surface area contributed by atoms with Crippen LogP contribution >= 0.6 is 0 Å². The monoisotopic (exact) mass is 843 g/mol. The Morgan fingerprint density at radius 3 is 2.11 bits per heavy atom. The van der Waals surface area contributed by atoms with Crippen molar-refractivity contribution in [2.75, 3.05) is 6.61 Å². The first-order valence-electron chi connectivity index (χ1n) is 20.0. The van der Waals surface area contributed by atoms with Crippen LogP contribution in [0.3, 0.4) is 0 Å². The maximum atomic E-state index is 15.4. The van der Waals surface area contributed by atoms with Gasteiger partial charge in [-0.25, -0.2) is 9.59 Å². The van der Waals surface area contributed by atoms with Crippen molar-refractivity contribution in [3.8, 4) is 0 Å². The molecule has 1 aliphatic heterocycles. The Labute approximate surface area is 351 Å². The molecule has 0 radical (unpaired) electrons. The van der Waals surface area contributed by atoms with E-state index in [4.69, 9.17) is 28.1 Å². The topological polar surface area (TPSA) is 234 Å². The van der Waals surface area contributed by atoms with Crippen molar-refractivity contribution in [2.45, 2.75) is 108 Å². The first kappa shape index (κ1) is 43.4. The number of ether oxygens (including phenoxy) is 5. The highest BCUT2D eigenvalue weighted by atomic mass is 16.6. The molecule has 11 atom stereocenters. The van der Waals surface area contributed by atoms with E-state index >= 15 is 4.79 Å². The summed E-state index contributed by atoms with van der Waals surface area (Å²) in [5.74, 6) is -7.38. The quantitative estimate of drug-likeness (QED) is 0.130. The maximum absolute atomic E-state index is 15.4. The van der Waals surface area contributed by atoms with Crippen molar-refractivity contribution < 1.29 is 72.2 Å². The number of aliphatic hydroxyl groups is 3. The molecule has 1 saturated heterocycles. The van der Waals surface area contributed by atoms with Crippen LogP contribution in [0.2, 0.25) is 0 Å². The Hall–Kier alpha value is -5.68. The van der Waals surface area contributed by atoms with Gasteiger partial charge in [0.25, 0.3) is 5.91 Å². The van der Waals surface area contributed by atoms with Crippen molar-refractivity contribution in [3.63, 3.8) is 0 Å². The van der Waals surface area contributed by atoms with Gasteiger partial charge in [0, 0.05) is 37.7 Å². The van der Waals surface area contributed by atoms with Crippen molar-refractivity contribution in [1.29, 1.82) is 0 Å². The predicted octanol–water partition coefficient (Wildman–Crippen LogP) is 3.33. The molecule has 1 aromatic heterocycles. The lowest BCUT2D eigenvalue weighted by Crippen LogP contribution is -2.82. The van der Waals surface area contributed by atoms with Gasteiger partial charge in [0.2, 0.25) is 5.76 Å². The second kappa shape index (κ2) is 16.0. The van der Waals surface area contributed by atoms with Gasteiger partial charge in [0.05, 0.1) is 36.3 Å². The fourth-order valence-corrected chi connectivity index (χ4v) is 9.99. The second-order valence-electron chi connectivity index (χ2n) is 17.0. The minimum Gasteiger partial charge on any atom is -0.457 e. The number of aliphatic hydroxyl groups excluding tert-OH is 2. The molecule has 0 spiro atoms. The number of furan rings is 1. The zero-order valence-corrected chi connectivity index (χ0v) is 34.5. The van der Waals surface area contributed by atoms with Crippen LogP contribution in [0.5, 0.6) is 0 Å². The number of benzene rings is 2. The molecule has 2 aromatic carbocycles. The van der Waals surface area contributed by atoms with Crippen LogP contribution in [0.1, 0.15) is 86.9 Å². The summed E-state index contributed by atoms with van der Waals surface area (Å²) < 4.78 is 35.4. The Bertz CT molecular complexity index is 2240. The molecule has 61 heavy (non-hydrogen) atoms. The molecule has 3 aromatic rings. The Morgan fingerprint density at radius 1 is 0.885 bits per heavy atom. The fraction of sp³-hybridized carbons (Fsp3) is 0.467. The third-order valence-electron chi connectivity index (χ3n) is 13.2. The predicted molar refractivity (Wildman–Crippen MR) is 210 cm³/mol. The summed E-state index contributed by atoms with van der Waals surface area (Å²) in [6.45, 7) is 7.85. The highest BCUT2D eigenvalue weighted by Crippen LogP contribution is 2.64. The van der Waals surface area contributed by atoms with Gasteiger partial charge in [-0.05, 0) is 54.8 Å². The maximum Gasteiger partial charge on any atom is 0.374 e. The van der Waals surface area contributed by atoms with Crippen molar-refractivity contribution in [1.82, 2.24) is 5.32 Å². The number of esters is 4. The van der Waals surface area contributed by atoms with E-state index in [1.54, 1.807) is 60.7 Å². The van der Waals surface area contributed by atoms with E-state index in [0.29, 0.717) is 5.56 Å². The van der Waals surface area contributed by atoms with Crippen LogP contribution in [0.15, 0.2) is 94.6 Å². The van der Waals surface area contributed by atoms with Crippen LogP contribution in [0, 0.1) is 16.7 Å². The average molecular weight is 844 g/mol. The Kier molecular flexibility index (Phi) is 11.4. The summed E-state index contributed by atoms with van der Waals surface area (Å²) >= 11 is 0. The van der Waals surface area contributed by atoms with E-state index in [9.17, 15) is 39.3 Å². The van der Waals surface area contributed by atoms with Crippen LogP contribution in [-0.2, 0) is 42.9 Å². The SMILES string of the molecule is CC(=O)O[C@H]1C(=O)[C@@]2(C)[C@H]([C@H](OC(=O)c3ccco3)[C@]3(O)C[C@H](OC(=O)[C@H](O)[C@@H](NC(=O)c4ccccc4)c4ccccc4)C(C)=C1C3(C)C)[C@]1(OC(C)=O)CO[C@@H]1C[C@@H]2O. The number of hydrogen-bond acceptors (Lipinski definition) is 15. The number of carbonyl (C=O) groups excluding carboxylic acids is 6. The second-order valence-corrected chi connectivity index (χ2v) is 17.0. The molecule has 4 N–H and O–H groups in total. The summed E-state index contributed by atoms with van der Waals surface area (Å²) in [5, 5.41) is 40.1. The third kappa shape index (κ3) is 7.14. The summed E-state index contributed by atoms with van der Waals surface area (Å²) in [6.07, 6.45) is -9.44. The smallest absolute Gasteiger partial charge is 0.374 e. The highest BCUT2D eigenvalue weighted by Gasteiger charge is 2.78. The van der Waals surface area contributed by atoms with Crippen LogP contribution in [0.4, 0.5) is 0 Å². The van der Waals surface area contributed by atoms with E-state index in [-0.39, 0.29) is 35.5 Å². The molecule has 2 heterocycles. The summed E-state index contributed by atoms with van der Waals surface area (Å²) in [7, 11) is 0. The van der Waals surface area contributed by atoms with Crippen molar-refractivity contribution >= 4 is 35.6 Å². The van der Waals surface area contributed by atoms with Crippen LogP contribution in [0.25, 0.3) is 0 Å². The first-order valence-corrected chi connectivity index (χ1v) is 20.0. The first-order chi connectivity index (χ1) is 28.8. The largest absolute Gasteiger partial charge is 0.457 e. The van der Waals surface area contributed by atoms with Gasteiger partial charge in [-0.15, -0.1) is 0 Å². The van der Waals surface area contributed by atoms with E-state index in [2.05, 4.69) is 5.32 Å². The van der Waals surface area contributed by atoms with Gasteiger partial charge in [-0.2, -0.15) is 0 Å². The summed E-state index contributed by atoms with van der Waals surface area (Å²) in [6, 6.07) is 17.8. The lowest BCUT2D eigenvalue weighted by molar-refractivity contribution is -0.346. The Morgan fingerprint density at radius 2 is 1.54 bits per heavy atom. The fourth-order valence-electron chi connectivity index (χ4n) is 9.99.